The summed E-state index contributed by atoms with van der Waals surface area (Å²) >= 11 is 5.71. The second-order valence-electron chi connectivity index (χ2n) is 5.99. The summed E-state index contributed by atoms with van der Waals surface area (Å²) in [5.74, 6) is -0.971. The quantitative estimate of drug-likeness (QED) is 0.853. The Bertz CT molecular complexity index is 766. The van der Waals surface area contributed by atoms with E-state index in [-0.39, 0.29) is 6.04 Å². The molecule has 2 aromatic rings. The smallest absolute Gasteiger partial charge is 0.256 e. The number of aryl methyl sites for hydroxylation is 1. The Labute approximate surface area is 142 Å². The maximum Gasteiger partial charge on any atom is 0.256 e. The van der Waals surface area contributed by atoms with Crippen molar-refractivity contribution in [1.29, 1.82) is 0 Å². The molecule has 0 saturated heterocycles. The summed E-state index contributed by atoms with van der Waals surface area (Å²) in [7, 11) is 0. The molecule has 0 bridgehead atoms. The van der Waals surface area contributed by atoms with E-state index in [1.807, 2.05) is 0 Å². The average molecular weight is 356 g/mol. The Morgan fingerprint density at radius 3 is 2.79 bits per heavy atom. The van der Waals surface area contributed by atoms with Gasteiger partial charge in [0.05, 0.1) is 10.6 Å². The van der Waals surface area contributed by atoms with Gasteiger partial charge in [-0.05, 0) is 37.3 Å². The number of carbonyl (C=O) groups excluding carboxylic acids is 1. The molecule has 1 N–H and O–H groups in total. The third kappa shape index (κ3) is 3.56. The fraction of sp³-hybridized carbons (Fsp3) is 0.438. The largest absolute Gasteiger partial charge is 0.426 e. The third-order valence-corrected chi connectivity index (χ3v) is 4.55. The molecule has 2 atom stereocenters. The SMILES string of the molecule is Cc1nnc(C[C@@H]2CC[C@H](NC(=O)c3c(F)ccc(F)c3Cl)C2)o1. The van der Waals surface area contributed by atoms with E-state index < -0.39 is 28.1 Å². The molecule has 128 valence electrons. The molecule has 1 heterocycles. The molecule has 3 rings (SSSR count). The highest BCUT2D eigenvalue weighted by Crippen LogP contribution is 2.29. The minimum absolute atomic E-state index is 0.120. The van der Waals surface area contributed by atoms with Crippen molar-refractivity contribution < 1.29 is 18.0 Å². The molecule has 0 aliphatic heterocycles. The van der Waals surface area contributed by atoms with Gasteiger partial charge in [0.1, 0.15) is 11.6 Å². The van der Waals surface area contributed by atoms with Crippen molar-refractivity contribution in [3.05, 3.63) is 46.1 Å². The van der Waals surface area contributed by atoms with Gasteiger partial charge in [0.15, 0.2) is 0 Å². The Kier molecular flexibility index (Phi) is 4.80. The summed E-state index contributed by atoms with van der Waals surface area (Å²) in [5.41, 5.74) is -0.451. The molecule has 1 amide bonds. The lowest BCUT2D eigenvalue weighted by Gasteiger charge is -2.14. The van der Waals surface area contributed by atoms with Crippen LogP contribution >= 0.6 is 11.6 Å². The fourth-order valence-corrected chi connectivity index (χ4v) is 3.29. The van der Waals surface area contributed by atoms with Crippen LogP contribution in [0.1, 0.15) is 41.4 Å². The van der Waals surface area contributed by atoms with Crippen molar-refractivity contribution in [1.82, 2.24) is 15.5 Å². The molecule has 1 aliphatic carbocycles. The van der Waals surface area contributed by atoms with E-state index in [4.69, 9.17) is 16.0 Å². The van der Waals surface area contributed by atoms with Crippen LogP contribution in [0.15, 0.2) is 16.5 Å². The molecular weight excluding hydrogens is 340 g/mol. The van der Waals surface area contributed by atoms with Crippen LogP contribution in [0, 0.1) is 24.5 Å². The lowest BCUT2D eigenvalue weighted by atomic mass is 10.0. The van der Waals surface area contributed by atoms with Gasteiger partial charge in [-0.2, -0.15) is 0 Å². The van der Waals surface area contributed by atoms with Crippen molar-refractivity contribution in [2.24, 2.45) is 5.92 Å². The molecule has 1 saturated carbocycles. The summed E-state index contributed by atoms with van der Waals surface area (Å²) in [6.45, 7) is 1.73. The topological polar surface area (TPSA) is 68.0 Å². The number of benzene rings is 1. The van der Waals surface area contributed by atoms with Gasteiger partial charge >= 0.3 is 0 Å². The van der Waals surface area contributed by atoms with E-state index in [2.05, 4.69) is 15.5 Å². The van der Waals surface area contributed by atoms with E-state index in [0.29, 0.717) is 30.5 Å². The van der Waals surface area contributed by atoms with Crippen LogP contribution in [0.25, 0.3) is 0 Å². The maximum atomic E-state index is 13.8. The highest BCUT2D eigenvalue weighted by Gasteiger charge is 2.29. The maximum absolute atomic E-state index is 13.8. The summed E-state index contributed by atoms with van der Waals surface area (Å²) in [4.78, 5) is 12.2. The first-order valence-corrected chi connectivity index (χ1v) is 8.05. The normalized spacial score (nSPS) is 20.3. The number of amides is 1. The van der Waals surface area contributed by atoms with Crippen LogP contribution in [0.2, 0.25) is 5.02 Å². The van der Waals surface area contributed by atoms with Crippen molar-refractivity contribution in [2.45, 2.75) is 38.6 Å². The molecule has 0 unspecified atom stereocenters. The molecule has 8 heteroatoms. The van der Waals surface area contributed by atoms with E-state index in [1.165, 1.54) is 0 Å². The first kappa shape index (κ1) is 16.8. The number of halogens is 3. The Morgan fingerprint density at radius 2 is 2.08 bits per heavy atom. The average Bonchev–Trinajstić information content (AvgIpc) is 3.13. The zero-order valence-corrected chi connectivity index (χ0v) is 13.7. The highest BCUT2D eigenvalue weighted by molar-refractivity contribution is 6.34. The Balaban J connectivity index is 1.61. The van der Waals surface area contributed by atoms with E-state index in [9.17, 15) is 13.6 Å². The van der Waals surface area contributed by atoms with E-state index >= 15 is 0 Å². The van der Waals surface area contributed by atoms with Crippen molar-refractivity contribution in [3.63, 3.8) is 0 Å². The van der Waals surface area contributed by atoms with Crippen LogP contribution in [0.3, 0.4) is 0 Å². The number of nitrogens with zero attached hydrogens (tertiary/aromatic N) is 2. The monoisotopic (exact) mass is 355 g/mol. The summed E-state index contributed by atoms with van der Waals surface area (Å²) in [6, 6.07) is 1.67. The van der Waals surface area contributed by atoms with E-state index in [1.54, 1.807) is 6.92 Å². The number of hydrogen-bond donors (Lipinski definition) is 1. The fourth-order valence-electron chi connectivity index (χ4n) is 3.05. The molecule has 24 heavy (non-hydrogen) atoms. The number of aromatic nitrogens is 2. The minimum Gasteiger partial charge on any atom is -0.426 e. The molecule has 1 fully saturated rings. The number of carbonyl (C=O) groups is 1. The number of hydrogen-bond acceptors (Lipinski definition) is 4. The van der Waals surface area contributed by atoms with Crippen LogP contribution in [-0.2, 0) is 6.42 Å². The standard InChI is InChI=1S/C16H16ClF2N3O2/c1-8-21-22-13(24-8)7-9-2-3-10(6-9)20-16(23)14-11(18)4-5-12(19)15(14)17/h4-5,9-10H,2-3,6-7H2,1H3,(H,20,23)/t9-,10+/m1/s1. The van der Waals surface area contributed by atoms with Crippen LogP contribution in [0.4, 0.5) is 8.78 Å². The molecule has 1 aromatic heterocycles. The second kappa shape index (κ2) is 6.84. The lowest BCUT2D eigenvalue weighted by Crippen LogP contribution is -2.34. The Morgan fingerprint density at radius 1 is 1.33 bits per heavy atom. The molecule has 1 aromatic carbocycles. The van der Waals surface area contributed by atoms with Crippen LogP contribution in [-0.4, -0.2) is 22.1 Å². The third-order valence-electron chi connectivity index (χ3n) is 4.18. The van der Waals surface area contributed by atoms with Gasteiger partial charge in [-0.1, -0.05) is 11.6 Å². The van der Waals surface area contributed by atoms with Crippen molar-refractivity contribution >= 4 is 17.5 Å². The predicted octanol–water partition coefficient (Wildman–Crippen LogP) is 3.45. The van der Waals surface area contributed by atoms with Crippen LogP contribution < -0.4 is 5.32 Å². The number of nitrogens with one attached hydrogen (secondary N) is 1. The highest BCUT2D eigenvalue weighted by atomic mass is 35.5. The van der Waals surface area contributed by atoms with Gasteiger partial charge in [-0.25, -0.2) is 8.78 Å². The zero-order chi connectivity index (χ0) is 17.3. The summed E-state index contributed by atoms with van der Waals surface area (Å²) < 4.78 is 32.6. The van der Waals surface area contributed by atoms with Crippen LogP contribution in [0.5, 0.6) is 0 Å². The van der Waals surface area contributed by atoms with Crippen molar-refractivity contribution in [2.75, 3.05) is 0 Å². The minimum atomic E-state index is -0.838. The van der Waals surface area contributed by atoms with Crippen molar-refractivity contribution in [3.8, 4) is 0 Å². The predicted molar refractivity (Wildman–Crippen MR) is 82.7 cm³/mol. The zero-order valence-electron chi connectivity index (χ0n) is 13.0. The van der Waals surface area contributed by atoms with E-state index in [0.717, 1.165) is 25.0 Å². The van der Waals surface area contributed by atoms with Gasteiger partial charge < -0.3 is 9.73 Å². The van der Waals surface area contributed by atoms with Gasteiger partial charge in [0.2, 0.25) is 11.8 Å². The molecule has 0 radical (unpaired) electrons. The first-order valence-electron chi connectivity index (χ1n) is 7.67. The van der Waals surface area contributed by atoms with Gasteiger partial charge in [0.25, 0.3) is 5.91 Å². The molecule has 1 aliphatic rings. The molecule has 0 spiro atoms. The molecular formula is C16H16ClF2N3O2. The summed E-state index contributed by atoms with van der Waals surface area (Å²) in [6.07, 6.45) is 2.98. The lowest BCUT2D eigenvalue weighted by molar-refractivity contribution is 0.0932. The second-order valence-corrected chi connectivity index (χ2v) is 6.36. The molecule has 5 nitrogen and oxygen atoms in total. The Hall–Kier alpha value is -2.02. The van der Waals surface area contributed by atoms with Gasteiger partial charge in [-0.3, -0.25) is 4.79 Å². The van der Waals surface area contributed by atoms with Gasteiger partial charge in [-0.15, -0.1) is 10.2 Å². The first-order chi connectivity index (χ1) is 11.4. The van der Waals surface area contributed by atoms with Gasteiger partial charge in [0, 0.05) is 19.4 Å². The number of rotatable bonds is 4. The summed E-state index contributed by atoms with van der Waals surface area (Å²) in [5, 5.41) is 9.98.